The molecule has 0 amide bonds. The van der Waals surface area contributed by atoms with E-state index >= 15 is 0 Å². The highest BCUT2D eigenvalue weighted by Gasteiger charge is 2.25. The number of nitrogens with zero attached hydrogens (tertiary/aromatic N) is 1. The molecule has 0 atom stereocenters. The zero-order valence-electron chi connectivity index (χ0n) is 10.8. The number of hydrogen-bond donors (Lipinski definition) is 1. The molecule has 1 aromatic rings. The predicted molar refractivity (Wildman–Crippen MR) is 74.1 cm³/mol. The maximum atomic E-state index is 11.5. The van der Waals surface area contributed by atoms with E-state index in [0.717, 1.165) is 6.26 Å². The Kier molecular flexibility index (Phi) is 5.05. The van der Waals surface area contributed by atoms with Crippen molar-refractivity contribution in [2.45, 2.75) is 18.2 Å². The first kappa shape index (κ1) is 15.2. The summed E-state index contributed by atoms with van der Waals surface area (Å²) >= 11 is 0. The molecule has 1 aromatic carbocycles. The Morgan fingerprint density at radius 1 is 1.42 bits per heavy atom. The van der Waals surface area contributed by atoms with Gasteiger partial charge in [-0.25, -0.2) is 8.42 Å². The Bertz CT molecular complexity index is 594. The fourth-order valence-electron chi connectivity index (χ4n) is 1.61. The normalized spacial score (nSPS) is 11.7. The van der Waals surface area contributed by atoms with Gasteiger partial charge in [0.25, 0.3) is 0 Å². The summed E-state index contributed by atoms with van der Waals surface area (Å²) in [7, 11) is -3.63. The Morgan fingerprint density at radius 2 is 2.11 bits per heavy atom. The van der Waals surface area contributed by atoms with Crippen LogP contribution in [0.3, 0.4) is 0 Å². The zero-order valence-corrected chi connectivity index (χ0v) is 11.6. The molecule has 0 radical (unpaired) electrons. The fourth-order valence-corrected chi connectivity index (χ4v) is 2.47. The molecular formula is C12H16N2O4S. The third-order valence-corrected chi connectivity index (χ3v) is 3.57. The number of rotatable bonds is 6. The maximum Gasteiger partial charge on any atom is 0.310 e. The number of allylic oxidation sites excluding steroid dienone is 1. The minimum absolute atomic E-state index is 0.220. The average molecular weight is 284 g/mol. The lowest BCUT2D eigenvalue weighted by molar-refractivity contribution is -0.386. The van der Waals surface area contributed by atoms with E-state index in [4.69, 9.17) is 0 Å². The highest BCUT2D eigenvalue weighted by atomic mass is 32.2. The highest BCUT2D eigenvalue weighted by Crippen LogP contribution is 2.31. The van der Waals surface area contributed by atoms with Gasteiger partial charge in [0, 0.05) is 12.8 Å². The van der Waals surface area contributed by atoms with E-state index in [1.807, 2.05) is 19.1 Å². The first-order chi connectivity index (χ1) is 8.88. The first-order valence-electron chi connectivity index (χ1n) is 5.70. The SMILES string of the molecule is C/C=C/CCNc1cccc(S(C)(=O)=O)c1[N+](=O)[O-]. The maximum absolute atomic E-state index is 11.5. The van der Waals surface area contributed by atoms with Gasteiger partial charge in [-0.1, -0.05) is 18.2 Å². The van der Waals surface area contributed by atoms with Gasteiger partial charge < -0.3 is 5.32 Å². The van der Waals surface area contributed by atoms with Crippen LogP contribution in [0, 0.1) is 10.1 Å². The molecular weight excluding hydrogens is 268 g/mol. The smallest absolute Gasteiger partial charge is 0.310 e. The Balaban J connectivity index is 3.15. The molecule has 19 heavy (non-hydrogen) atoms. The quantitative estimate of drug-likeness (QED) is 0.375. The summed E-state index contributed by atoms with van der Waals surface area (Å²) in [5.74, 6) is 0. The standard InChI is InChI=1S/C12H16N2O4S/c1-3-4-5-9-13-10-7-6-8-11(19(2,17)18)12(10)14(15)16/h3-4,6-8,13H,5,9H2,1-2H3/b4-3+. The van der Waals surface area contributed by atoms with Gasteiger partial charge in [0.15, 0.2) is 9.84 Å². The first-order valence-corrected chi connectivity index (χ1v) is 7.59. The summed E-state index contributed by atoms with van der Waals surface area (Å²) in [6.07, 6.45) is 5.46. The molecule has 0 aliphatic heterocycles. The molecule has 0 saturated heterocycles. The van der Waals surface area contributed by atoms with Gasteiger partial charge in [0.05, 0.1) is 4.92 Å². The lowest BCUT2D eigenvalue weighted by Gasteiger charge is -2.08. The largest absolute Gasteiger partial charge is 0.379 e. The van der Waals surface area contributed by atoms with E-state index in [-0.39, 0.29) is 10.6 Å². The van der Waals surface area contributed by atoms with E-state index < -0.39 is 20.4 Å². The number of para-hydroxylation sites is 1. The molecule has 1 rings (SSSR count). The molecule has 0 aliphatic carbocycles. The lowest BCUT2D eigenvalue weighted by Crippen LogP contribution is -2.08. The minimum Gasteiger partial charge on any atom is -0.379 e. The molecule has 0 aromatic heterocycles. The van der Waals surface area contributed by atoms with Gasteiger partial charge in [0.2, 0.25) is 0 Å². The van der Waals surface area contributed by atoms with Crippen LogP contribution in [0.15, 0.2) is 35.2 Å². The van der Waals surface area contributed by atoms with Gasteiger partial charge in [-0.3, -0.25) is 10.1 Å². The van der Waals surface area contributed by atoms with Crippen molar-refractivity contribution in [3.8, 4) is 0 Å². The molecule has 0 bridgehead atoms. The molecule has 0 spiro atoms. The minimum atomic E-state index is -3.63. The van der Waals surface area contributed by atoms with Crippen LogP contribution >= 0.6 is 0 Å². The lowest BCUT2D eigenvalue weighted by atomic mass is 10.2. The van der Waals surface area contributed by atoms with Crippen molar-refractivity contribution in [2.75, 3.05) is 18.1 Å². The third kappa shape index (κ3) is 4.06. The van der Waals surface area contributed by atoms with Crippen LogP contribution in [0.1, 0.15) is 13.3 Å². The number of hydrogen-bond acceptors (Lipinski definition) is 5. The van der Waals surface area contributed by atoms with E-state index in [0.29, 0.717) is 13.0 Å². The van der Waals surface area contributed by atoms with Crippen molar-refractivity contribution in [2.24, 2.45) is 0 Å². The topological polar surface area (TPSA) is 89.3 Å². The van der Waals surface area contributed by atoms with Crippen LogP contribution in [-0.2, 0) is 9.84 Å². The number of sulfone groups is 1. The highest BCUT2D eigenvalue weighted by molar-refractivity contribution is 7.90. The Morgan fingerprint density at radius 3 is 2.63 bits per heavy atom. The average Bonchev–Trinajstić information content (AvgIpc) is 2.33. The Hall–Kier alpha value is -1.89. The summed E-state index contributed by atoms with van der Waals surface area (Å²) in [5, 5.41) is 13.9. The second kappa shape index (κ2) is 6.33. The molecule has 6 nitrogen and oxygen atoms in total. The molecule has 1 N–H and O–H groups in total. The van der Waals surface area contributed by atoms with Crippen LogP contribution in [-0.4, -0.2) is 26.1 Å². The molecule has 104 valence electrons. The summed E-state index contributed by atoms with van der Waals surface area (Å²) in [4.78, 5) is 10.1. The van der Waals surface area contributed by atoms with E-state index in [1.54, 1.807) is 0 Å². The van der Waals surface area contributed by atoms with Gasteiger partial charge >= 0.3 is 5.69 Å². The monoisotopic (exact) mass is 284 g/mol. The Labute approximate surface area is 112 Å². The van der Waals surface area contributed by atoms with Crippen molar-refractivity contribution in [3.05, 3.63) is 40.5 Å². The van der Waals surface area contributed by atoms with Gasteiger partial charge in [-0.2, -0.15) is 0 Å². The number of nitro groups is 1. The van der Waals surface area contributed by atoms with Gasteiger partial charge in [0.1, 0.15) is 10.6 Å². The molecule has 0 heterocycles. The summed E-state index contributed by atoms with van der Waals surface area (Å²) in [5.41, 5.74) is -0.178. The zero-order chi connectivity index (χ0) is 14.5. The predicted octanol–water partition coefficient (Wildman–Crippen LogP) is 2.38. The van der Waals surface area contributed by atoms with E-state index in [1.165, 1.54) is 18.2 Å². The molecule has 0 unspecified atom stereocenters. The van der Waals surface area contributed by atoms with E-state index in [2.05, 4.69) is 5.32 Å². The second-order valence-corrected chi connectivity index (χ2v) is 5.95. The van der Waals surface area contributed by atoms with Crippen molar-refractivity contribution in [1.82, 2.24) is 0 Å². The summed E-state index contributed by atoms with van der Waals surface area (Å²) in [6.45, 7) is 2.38. The number of anilines is 1. The summed E-state index contributed by atoms with van der Waals surface area (Å²) in [6, 6.07) is 4.23. The number of nitro benzene ring substituents is 1. The molecule has 0 aliphatic rings. The van der Waals surface area contributed by atoms with Crippen LogP contribution in [0.2, 0.25) is 0 Å². The van der Waals surface area contributed by atoms with Crippen molar-refractivity contribution >= 4 is 21.2 Å². The fraction of sp³-hybridized carbons (Fsp3) is 0.333. The molecule has 0 fully saturated rings. The van der Waals surface area contributed by atoms with Gasteiger partial charge in [-0.05, 0) is 25.5 Å². The van der Waals surface area contributed by atoms with Crippen molar-refractivity contribution < 1.29 is 13.3 Å². The van der Waals surface area contributed by atoms with Crippen molar-refractivity contribution in [3.63, 3.8) is 0 Å². The third-order valence-electron chi connectivity index (χ3n) is 2.44. The van der Waals surface area contributed by atoms with Gasteiger partial charge in [-0.15, -0.1) is 0 Å². The van der Waals surface area contributed by atoms with Crippen LogP contribution < -0.4 is 5.32 Å². The van der Waals surface area contributed by atoms with E-state index in [9.17, 15) is 18.5 Å². The second-order valence-electron chi connectivity index (χ2n) is 3.97. The number of benzene rings is 1. The molecule has 0 saturated carbocycles. The summed E-state index contributed by atoms with van der Waals surface area (Å²) < 4.78 is 23.1. The molecule has 7 heteroatoms. The van der Waals surface area contributed by atoms with Crippen LogP contribution in [0.25, 0.3) is 0 Å². The number of nitrogens with one attached hydrogen (secondary N) is 1. The van der Waals surface area contributed by atoms with Crippen molar-refractivity contribution in [1.29, 1.82) is 0 Å². The van der Waals surface area contributed by atoms with Crippen LogP contribution in [0.5, 0.6) is 0 Å². The van der Waals surface area contributed by atoms with Crippen LogP contribution in [0.4, 0.5) is 11.4 Å².